The maximum atomic E-state index is 6.00. The van der Waals surface area contributed by atoms with Crippen molar-refractivity contribution in [1.82, 2.24) is 4.98 Å². The van der Waals surface area contributed by atoms with Crippen molar-refractivity contribution < 1.29 is 0 Å². The van der Waals surface area contributed by atoms with Gasteiger partial charge in [0.1, 0.15) is 0 Å². The van der Waals surface area contributed by atoms with Crippen LogP contribution in [0.5, 0.6) is 0 Å². The quantitative estimate of drug-likeness (QED) is 0.888. The fraction of sp³-hybridized carbons (Fsp3) is 0.0833. The molecule has 0 spiro atoms. The van der Waals surface area contributed by atoms with E-state index >= 15 is 0 Å². The predicted molar refractivity (Wildman–Crippen MR) is 73.0 cm³/mol. The van der Waals surface area contributed by atoms with E-state index in [0.29, 0.717) is 21.6 Å². The van der Waals surface area contributed by atoms with Gasteiger partial charge in [0, 0.05) is 12.7 Å². The van der Waals surface area contributed by atoms with Crippen LogP contribution in [-0.4, -0.2) is 4.98 Å². The van der Waals surface area contributed by atoms with E-state index in [-0.39, 0.29) is 0 Å². The highest BCUT2D eigenvalue weighted by molar-refractivity contribution is 6.42. The van der Waals surface area contributed by atoms with Crippen molar-refractivity contribution in [2.75, 3.05) is 5.32 Å². The second kappa shape index (κ2) is 5.58. The summed E-state index contributed by atoms with van der Waals surface area (Å²) >= 11 is 17.8. The van der Waals surface area contributed by atoms with Crippen LogP contribution >= 0.6 is 34.8 Å². The highest BCUT2D eigenvalue weighted by Crippen LogP contribution is 2.24. The number of rotatable bonds is 3. The molecule has 17 heavy (non-hydrogen) atoms. The lowest BCUT2D eigenvalue weighted by Crippen LogP contribution is -2.00. The maximum absolute atomic E-state index is 6.00. The van der Waals surface area contributed by atoms with E-state index in [1.54, 1.807) is 24.5 Å². The van der Waals surface area contributed by atoms with E-state index in [1.165, 1.54) is 0 Å². The Hall–Kier alpha value is -0.960. The van der Waals surface area contributed by atoms with E-state index < -0.39 is 0 Å². The Morgan fingerprint density at radius 3 is 2.53 bits per heavy atom. The number of halogens is 3. The van der Waals surface area contributed by atoms with Crippen LogP contribution in [0, 0.1) is 0 Å². The first kappa shape index (κ1) is 12.5. The summed E-state index contributed by atoms with van der Waals surface area (Å²) in [5.74, 6) is 0. The molecule has 2 aromatic rings. The molecular formula is C12H9Cl3N2. The smallest absolute Gasteiger partial charge is 0.0718 e. The van der Waals surface area contributed by atoms with Crippen molar-refractivity contribution in [3.05, 3.63) is 57.3 Å². The molecule has 1 aromatic heterocycles. The van der Waals surface area contributed by atoms with Crippen molar-refractivity contribution in [3.8, 4) is 0 Å². The lowest BCUT2D eigenvalue weighted by molar-refractivity contribution is 1.14. The van der Waals surface area contributed by atoms with Gasteiger partial charge in [-0.25, -0.2) is 0 Å². The topological polar surface area (TPSA) is 24.9 Å². The number of pyridine rings is 1. The Morgan fingerprint density at radius 2 is 1.82 bits per heavy atom. The van der Waals surface area contributed by atoms with Crippen LogP contribution in [0.15, 0.2) is 36.7 Å². The third-order valence-corrected chi connectivity index (χ3v) is 3.30. The number of hydrogen-bond acceptors (Lipinski definition) is 2. The molecule has 0 aliphatic heterocycles. The van der Waals surface area contributed by atoms with E-state index in [4.69, 9.17) is 34.8 Å². The van der Waals surface area contributed by atoms with Gasteiger partial charge in [0.2, 0.25) is 0 Å². The molecule has 0 unspecified atom stereocenters. The highest BCUT2D eigenvalue weighted by atomic mass is 35.5. The Balaban J connectivity index is 2.08. The Bertz CT molecular complexity index is 529. The zero-order chi connectivity index (χ0) is 12.3. The lowest BCUT2D eigenvalue weighted by Gasteiger charge is -2.08. The van der Waals surface area contributed by atoms with Crippen LogP contribution in [0.3, 0.4) is 0 Å². The van der Waals surface area contributed by atoms with Gasteiger partial charge in [-0.15, -0.1) is 0 Å². The SMILES string of the molecule is Clc1ccc(CNc2cnccc2Cl)cc1Cl. The molecular weight excluding hydrogens is 279 g/mol. The van der Waals surface area contributed by atoms with E-state index in [0.717, 1.165) is 11.3 Å². The van der Waals surface area contributed by atoms with Gasteiger partial charge in [-0.2, -0.15) is 0 Å². The summed E-state index contributed by atoms with van der Waals surface area (Å²) in [4.78, 5) is 4.00. The first-order valence-corrected chi connectivity index (χ1v) is 6.07. The third-order valence-electron chi connectivity index (χ3n) is 2.23. The maximum Gasteiger partial charge on any atom is 0.0718 e. The molecule has 0 saturated heterocycles. The Labute approximate surface area is 115 Å². The fourth-order valence-electron chi connectivity index (χ4n) is 1.35. The monoisotopic (exact) mass is 286 g/mol. The lowest BCUT2D eigenvalue weighted by atomic mass is 10.2. The molecule has 0 aliphatic carbocycles. The second-order valence-electron chi connectivity index (χ2n) is 3.46. The van der Waals surface area contributed by atoms with Gasteiger partial charge in [0.25, 0.3) is 0 Å². The Kier molecular flexibility index (Phi) is 4.11. The molecule has 0 bridgehead atoms. The average molecular weight is 288 g/mol. The molecule has 0 radical (unpaired) electrons. The normalized spacial score (nSPS) is 10.3. The zero-order valence-corrected chi connectivity index (χ0v) is 11.0. The van der Waals surface area contributed by atoms with Crippen molar-refractivity contribution in [2.45, 2.75) is 6.54 Å². The molecule has 1 N–H and O–H groups in total. The van der Waals surface area contributed by atoms with Crippen LogP contribution in [0.4, 0.5) is 5.69 Å². The minimum absolute atomic E-state index is 0.545. The summed E-state index contributed by atoms with van der Waals surface area (Å²) in [7, 11) is 0. The molecule has 88 valence electrons. The van der Waals surface area contributed by atoms with Gasteiger partial charge in [0.05, 0.1) is 27.0 Å². The van der Waals surface area contributed by atoms with Crippen molar-refractivity contribution in [2.24, 2.45) is 0 Å². The standard InChI is InChI=1S/C12H9Cl3N2/c13-9-2-1-8(5-11(9)15)6-17-12-7-16-4-3-10(12)14/h1-5,7,17H,6H2. The van der Waals surface area contributed by atoms with Gasteiger partial charge >= 0.3 is 0 Å². The van der Waals surface area contributed by atoms with Gasteiger partial charge in [-0.1, -0.05) is 40.9 Å². The molecule has 0 amide bonds. The number of anilines is 1. The molecule has 1 aromatic carbocycles. The molecule has 5 heteroatoms. The van der Waals surface area contributed by atoms with Gasteiger partial charge in [-0.05, 0) is 23.8 Å². The van der Waals surface area contributed by atoms with Gasteiger partial charge in [0.15, 0.2) is 0 Å². The van der Waals surface area contributed by atoms with Crippen LogP contribution in [0.25, 0.3) is 0 Å². The van der Waals surface area contributed by atoms with E-state index in [9.17, 15) is 0 Å². The van der Waals surface area contributed by atoms with Crippen LogP contribution in [-0.2, 0) is 6.54 Å². The largest absolute Gasteiger partial charge is 0.379 e. The van der Waals surface area contributed by atoms with Crippen molar-refractivity contribution >= 4 is 40.5 Å². The summed E-state index contributed by atoms with van der Waals surface area (Å²) in [6.45, 7) is 0.613. The van der Waals surface area contributed by atoms with Gasteiger partial charge in [-0.3, -0.25) is 4.98 Å². The van der Waals surface area contributed by atoms with Gasteiger partial charge < -0.3 is 5.32 Å². The average Bonchev–Trinajstić information content (AvgIpc) is 2.32. The number of aromatic nitrogens is 1. The molecule has 0 fully saturated rings. The minimum Gasteiger partial charge on any atom is -0.379 e. The van der Waals surface area contributed by atoms with E-state index in [1.807, 2.05) is 12.1 Å². The van der Waals surface area contributed by atoms with Crippen LogP contribution in [0.2, 0.25) is 15.1 Å². The molecule has 0 aliphatic rings. The third kappa shape index (κ3) is 3.25. The summed E-state index contributed by atoms with van der Waals surface area (Å²) in [6, 6.07) is 7.23. The Morgan fingerprint density at radius 1 is 1.00 bits per heavy atom. The van der Waals surface area contributed by atoms with Crippen LogP contribution < -0.4 is 5.32 Å². The highest BCUT2D eigenvalue weighted by Gasteiger charge is 2.01. The minimum atomic E-state index is 0.545. The van der Waals surface area contributed by atoms with E-state index in [2.05, 4.69) is 10.3 Å². The van der Waals surface area contributed by atoms with Crippen LogP contribution in [0.1, 0.15) is 5.56 Å². The number of nitrogens with zero attached hydrogens (tertiary/aromatic N) is 1. The number of benzene rings is 1. The molecule has 0 atom stereocenters. The summed E-state index contributed by atoms with van der Waals surface area (Å²) < 4.78 is 0. The molecule has 2 nitrogen and oxygen atoms in total. The number of nitrogens with one attached hydrogen (secondary N) is 1. The van der Waals surface area contributed by atoms with Crippen molar-refractivity contribution in [3.63, 3.8) is 0 Å². The second-order valence-corrected chi connectivity index (χ2v) is 4.68. The first-order valence-electron chi connectivity index (χ1n) is 4.94. The zero-order valence-electron chi connectivity index (χ0n) is 8.75. The number of hydrogen-bond donors (Lipinski definition) is 1. The van der Waals surface area contributed by atoms with Crippen molar-refractivity contribution in [1.29, 1.82) is 0 Å². The molecule has 2 rings (SSSR count). The summed E-state index contributed by atoms with van der Waals surface area (Å²) in [6.07, 6.45) is 3.33. The predicted octanol–water partition coefficient (Wildman–Crippen LogP) is 4.65. The molecule has 1 heterocycles. The first-order chi connectivity index (χ1) is 8.16. The summed E-state index contributed by atoms with van der Waals surface area (Å²) in [5.41, 5.74) is 1.82. The molecule has 0 saturated carbocycles. The fourth-order valence-corrected chi connectivity index (χ4v) is 1.85. The summed E-state index contributed by atoms with van der Waals surface area (Å²) in [5, 5.41) is 4.91.